The monoisotopic (exact) mass is 221 g/mol. The third-order valence-corrected chi connectivity index (χ3v) is 3.41. The van der Waals surface area contributed by atoms with Gasteiger partial charge >= 0.3 is 0 Å². The summed E-state index contributed by atoms with van der Waals surface area (Å²) < 4.78 is 0. The molecule has 0 unspecified atom stereocenters. The van der Waals surface area contributed by atoms with Crippen molar-refractivity contribution < 1.29 is 0 Å². The highest BCUT2D eigenvalue weighted by molar-refractivity contribution is 5.43. The van der Waals surface area contributed by atoms with Crippen LogP contribution in [0.15, 0.2) is 18.3 Å². The minimum absolute atomic E-state index is 0.0555. The Kier molecular flexibility index (Phi) is 3.92. The molecule has 0 aliphatic heterocycles. The lowest BCUT2D eigenvalue weighted by Gasteiger charge is -2.36. The van der Waals surface area contributed by atoms with E-state index in [1.807, 2.05) is 19.2 Å². The molecule has 2 N–H and O–H groups in total. The Morgan fingerprint density at radius 3 is 2.62 bits per heavy atom. The molecular formula is C13H23N3. The minimum Gasteiger partial charge on any atom is -0.355 e. The van der Waals surface area contributed by atoms with E-state index in [0.29, 0.717) is 0 Å². The SMILES string of the molecule is CCC(C)(C)N(C)c1cc([C@@H](C)N)ccn1. The van der Waals surface area contributed by atoms with Crippen molar-refractivity contribution in [3.8, 4) is 0 Å². The van der Waals surface area contributed by atoms with Crippen LogP contribution >= 0.6 is 0 Å². The summed E-state index contributed by atoms with van der Waals surface area (Å²) in [5.74, 6) is 0.988. The third kappa shape index (κ3) is 2.73. The summed E-state index contributed by atoms with van der Waals surface area (Å²) in [6, 6.07) is 4.10. The van der Waals surface area contributed by atoms with Crippen LogP contribution in [0.2, 0.25) is 0 Å². The van der Waals surface area contributed by atoms with Gasteiger partial charge in [0.2, 0.25) is 0 Å². The molecule has 1 heterocycles. The lowest BCUT2D eigenvalue weighted by molar-refractivity contribution is 0.467. The molecule has 0 aliphatic rings. The molecule has 0 aromatic carbocycles. The zero-order valence-electron chi connectivity index (χ0n) is 11.0. The molecule has 1 aromatic heterocycles. The van der Waals surface area contributed by atoms with Gasteiger partial charge in [-0.15, -0.1) is 0 Å². The van der Waals surface area contributed by atoms with Crippen LogP contribution in [0.5, 0.6) is 0 Å². The van der Waals surface area contributed by atoms with Crippen LogP contribution in [0.25, 0.3) is 0 Å². The first kappa shape index (κ1) is 13.0. The number of pyridine rings is 1. The molecule has 3 heteroatoms. The summed E-state index contributed by atoms with van der Waals surface area (Å²) >= 11 is 0. The highest BCUT2D eigenvalue weighted by atomic mass is 15.2. The first-order valence-corrected chi connectivity index (χ1v) is 5.84. The first-order chi connectivity index (χ1) is 7.38. The molecular weight excluding hydrogens is 198 g/mol. The van der Waals surface area contributed by atoms with Gasteiger partial charge in [-0.05, 0) is 44.9 Å². The molecule has 1 rings (SSSR count). The quantitative estimate of drug-likeness (QED) is 0.850. The van der Waals surface area contributed by atoms with Gasteiger partial charge in [0.15, 0.2) is 0 Å². The van der Waals surface area contributed by atoms with Crippen LogP contribution < -0.4 is 10.6 Å². The fraction of sp³-hybridized carbons (Fsp3) is 0.615. The van der Waals surface area contributed by atoms with E-state index in [1.54, 1.807) is 0 Å². The third-order valence-electron chi connectivity index (χ3n) is 3.41. The average molecular weight is 221 g/mol. The molecule has 3 nitrogen and oxygen atoms in total. The van der Waals surface area contributed by atoms with Gasteiger partial charge in [0.1, 0.15) is 5.82 Å². The number of nitrogens with two attached hydrogens (primary N) is 1. The molecule has 0 aliphatic carbocycles. The number of nitrogens with zero attached hydrogens (tertiary/aromatic N) is 2. The Morgan fingerprint density at radius 2 is 2.12 bits per heavy atom. The smallest absolute Gasteiger partial charge is 0.128 e. The maximum Gasteiger partial charge on any atom is 0.128 e. The lowest BCUT2D eigenvalue weighted by atomic mass is 9.99. The second-order valence-corrected chi connectivity index (χ2v) is 4.96. The number of hydrogen-bond donors (Lipinski definition) is 1. The van der Waals surface area contributed by atoms with Gasteiger partial charge in [0.05, 0.1) is 0 Å². The standard InChI is InChI=1S/C13H23N3/c1-6-13(3,4)16(5)12-9-11(10(2)14)7-8-15-12/h7-10H,6,14H2,1-5H3/t10-/m1/s1. The summed E-state index contributed by atoms with van der Waals surface area (Å²) in [5.41, 5.74) is 7.12. The Morgan fingerprint density at radius 1 is 1.50 bits per heavy atom. The second kappa shape index (κ2) is 4.83. The molecule has 0 saturated heterocycles. The van der Waals surface area contributed by atoms with Gasteiger partial charge in [-0.1, -0.05) is 6.92 Å². The van der Waals surface area contributed by atoms with Crippen molar-refractivity contribution >= 4 is 5.82 Å². The minimum atomic E-state index is 0.0555. The highest BCUT2D eigenvalue weighted by Gasteiger charge is 2.22. The van der Waals surface area contributed by atoms with E-state index in [2.05, 4.69) is 43.8 Å². The fourth-order valence-corrected chi connectivity index (χ4v) is 1.45. The van der Waals surface area contributed by atoms with E-state index in [9.17, 15) is 0 Å². The van der Waals surface area contributed by atoms with Gasteiger partial charge in [0, 0.05) is 24.8 Å². The van der Waals surface area contributed by atoms with Crippen molar-refractivity contribution in [3.05, 3.63) is 23.9 Å². The molecule has 0 radical (unpaired) electrons. The Hall–Kier alpha value is -1.09. The zero-order valence-corrected chi connectivity index (χ0v) is 11.0. The van der Waals surface area contributed by atoms with Crippen LogP contribution in [-0.4, -0.2) is 17.6 Å². The van der Waals surface area contributed by atoms with Gasteiger partial charge in [-0.2, -0.15) is 0 Å². The van der Waals surface area contributed by atoms with E-state index < -0.39 is 0 Å². The maximum atomic E-state index is 5.88. The number of hydrogen-bond acceptors (Lipinski definition) is 3. The van der Waals surface area contributed by atoms with E-state index in [1.165, 1.54) is 0 Å². The van der Waals surface area contributed by atoms with Crippen molar-refractivity contribution in [2.45, 2.75) is 45.7 Å². The second-order valence-electron chi connectivity index (χ2n) is 4.96. The van der Waals surface area contributed by atoms with Crippen LogP contribution in [0.4, 0.5) is 5.82 Å². The summed E-state index contributed by atoms with van der Waals surface area (Å²) in [7, 11) is 2.08. The van der Waals surface area contributed by atoms with Gasteiger partial charge in [-0.25, -0.2) is 4.98 Å². The summed E-state index contributed by atoms with van der Waals surface area (Å²) in [4.78, 5) is 6.61. The summed E-state index contributed by atoms with van der Waals surface area (Å²) in [6.07, 6.45) is 2.91. The molecule has 1 aromatic rings. The summed E-state index contributed by atoms with van der Waals surface area (Å²) in [6.45, 7) is 8.61. The predicted octanol–water partition coefficient (Wildman–Crippen LogP) is 2.73. The van der Waals surface area contributed by atoms with Crippen molar-refractivity contribution in [2.75, 3.05) is 11.9 Å². The van der Waals surface area contributed by atoms with E-state index in [-0.39, 0.29) is 11.6 Å². The zero-order chi connectivity index (χ0) is 12.3. The predicted molar refractivity (Wildman–Crippen MR) is 69.6 cm³/mol. The summed E-state index contributed by atoms with van der Waals surface area (Å²) in [5, 5.41) is 0. The van der Waals surface area contributed by atoms with Crippen LogP contribution in [0, 0.1) is 0 Å². The van der Waals surface area contributed by atoms with Crippen molar-refractivity contribution in [1.29, 1.82) is 0 Å². The van der Waals surface area contributed by atoms with E-state index in [4.69, 9.17) is 5.73 Å². The van der Waals surface area contributed by atoms with Gasteiger partial charge < -0.3 is 10.6 Å². The molecule has 0 spiro atoms. The van der Waals surface area contributed by atoms with Crippen LogP contribution in [-0.2, 0) is 0 Å². The molecule has 1 atom stereocenters. The molecule has 0 saturated carbocycles. The molecule has 90 valence electrons. The van der Waals surface area contributed by atoms with Crippen molar-refractivity contribution in [3.63, 3.8) is 0 Å². The topological polar surface area (TPSA) is 42.1 Å². The number of rotatable bonds is 4. The Labute approximate surface area is 98.7 Å². The largest absolute Gasteiger partial charge is 0.355 e. The maximum absolute atomic E-state index is 5.88. The van der Waals surface area contributed by atoms with E-state index in [0.717, 1.165) is 17.8 Å². The van der Waals surface area contributed by atoms with Gasteiger partial charge in [0.25, 0.3) is 0 Å². The molecule has 16 heavy (non-hydrogen) atoms. The van der Waals surface area contributed by atoms with Crippen LogP contribution in [0.1, 0.15) is 45.7 Å². The Bertz CT molecular complexity index is 345. The average Bonchev–Trinajstić information content (AvgIpc) is 2.28. The molecule has 0 amide bonds. The number of aromatic nitrogens is 1. The highest BCUT2D eigenvalue weighted by Crippen LogP contribution is 2.24. The van der Waals surface area contributed by atoms with Crippen LogP contribution in [0.3, 0.4) is 0 Å². The van der Waals surface area contributed by atoms with E-state index >= 15 is 0 Å². The van der Waals surface area contributed by atoms with Crippen molar-refractivity contribution in [2.24, 2.45) is 5.73 Å². The van der Waals surface area contributed by atoms with Crippen molar-refractivity contribution in [1.82, 2.24) is 4.98 Å². The first-order valence-electron chi connectivity index (χ1n) is 5.84. The fourth-order valence-electron chi connectivity index (χ4n) is 1.45. The molecule has 0 fully saturated rings. The van der Waals surface area contributed by atoms with Gasteiger partial charge in [-0.3, -0.25) is 0 Å². The Balaban J connectivity index is 3.00. The molecule has 0 bridgehead atoms. The number of anilines is 1. The lowest BCUT2D eigenvalue weighted by Crippen LogP contribution is -2.41. The normalized spacial score (nSPS) is 13.6.